The Hall–Kier alpha value is -2.34. The van der Waals surface area contributed by atoms with Crippen molar-refractivity contribution in [3.63, 3.8) is 0 Å². The van der Waals surface area contributed by atoms with Crippen LogP contribution in [-0.2, 0) is 4.79 Å². The van der Waals surface area contributed by atoms with Gasteiger partial charge in [0.2, 0.25) is 5.91 Å². The predicted octanol–water partition coefficient (Wildman–Crippen LogP) is 4.35. The number of nitrogens with zero attached hydrogens (tertiary/aromatic N) is 1. The van der Waals surface area contributed by atoms with Crippen LogP contribution in [0.15, 0.2) is 41.1 Å². The smallest absolute Gasteiger partial charge is 0.254 e. The molecule has 1 unspecified atom stereocenters. The highest BCUT2D eigenvalue weighted by Gasteiger charge is 2.44. The molecule has 30 heavy (non-hydrogen) atoms. The van der Waals surface area contributed by atoms with Gasteiger partial charge >= 0.3 is 0 Å². The van der Waals surface area contributed by atoms with E-state index in [0.29, 0.717) is 25.6 Å². The highest BCUT2D eigenvalue weighted by Crippen LogP contribution is 2.46. The van der Waals surface area contributed by atoms with Gasteiger partial charge in [0.15, 0.2) is 0 Å². The van der Waals surface area contributed by atoms with E-state index in [4.69, 9.17) is 4.74 Å². The number of carbonyl (C=O) groups excluding carboxylic acids is 2. The second-order valence-electron chi connectivity index (χ2n) is 8.93. The molecule has 1 N–H and O–H groups in total. The number of para-hydroxylation sites is 1. The standard InChI is InChI=1S/C24H28N2O3S/c27-22(25-19-4-3-5-19)14-18-15-24(29-21-7-2-1-6-20(18)21)9-11-26(12-10-24)23(28)17-8-13-30-16-17/h1-2,6-8,13,16,18-19H,3-5,9-12,14-15H2,(H,25,27). The number of rotatable bonds is 4. The van der Waals surface area contributed by atoms with Crippen LogP contribution in [0.4, 0.5) is 0 Å². The zero-order valence-corrected chi connectivity index (χ0v) is 18.0. The molecule has 3 aliphatic rings. The van der Waals surface area contributed by atoms with Crippen LogP contribution in [0.25, 0.3) is 0 Å². The van der Waals surface area contributed by atoms with E-state index in [1.54, 1.807) is 11.3 Å². The van der Waals surface area contributed by atoms with Crippen LogP contribution in [0.5, 0.6) is 5.75 Å². The minimum atomic E-state index is -0.290. The first-order chi connectivity index (χ1) is 14.6. The lowest BCUT2D eigenvalue weighted by Gasteiger charge is -2.47. The summed E-state index contributed by atoms with van der Waals surface area (Å²) in [5.41, 5.74) is 1.63. The molecule has 2 fully saturated rings. The molecular formula is C24H28N2O3S. The van der Waals surface area contributed by atoms with Gasteiger partial charge in [-0.2, -0.15) is 11.3 Å². The van der Waals surface area contributed by atoms with Crippen LogP contribution in [0.1, 0.15) is 66.8 Å². The number of amides is 2. The van der Waals surface area contributed by atoms with Crippen LogP contribution in [0.2, 0.25) is 0 Å². The Morgan fingerprint density at radius 1 is 1.17 bits per heavy atom. The second kappa shape index (κ2) is 8.06. The summed E-state index contributed by atoms with van der Waals surface area (Å²) in [6.45, 7) is 1.38. The first-order valence-corrected chi connectivity index (χ1v) is 11.9. The normalized spacial score (nSPS) is 22.7. The number of ether oxygens (including phenoxy) is 1. The van der Waals surface area contributed by atoms with E-state index in [-0.39, 0.29) is 23.3 Å². The average molecular weight is 425 g/mol. The molecule has 0 bridgehead atoms. The third-order valence-electron chi connectivity index (χ3n) is 6.94. The Morgan fingerprint density at radius 2 is 1.97 bits per heavy atom. The summed E-state index contributed by atoms with van der Waals surface area (Å²) in [6.07, 6.45) is 6.38. The Morgan fingerprint density at radius 3 is 2.67 bits per heavy atom. The molecule has 5 rings (SSSR count). The van der Waals surface area contributed by atoms with Gasteiger partial charge in [0, 0.05) is 49.7 Å². The third-order valence-corrected chi connectivity index (χ3v) is 7.62. The molecule has 1 aromatic heterocycles. The molecule has 1 saturated carbocycles. The summed E-state index contributed by atoms with van der Waals surface area (Å²) in [5.74, 6) is 1.33. The van der Waals surface area contributed by atoms with Gasteiger partial charge in [0.05, 0.1) is 5.56 Å². The van der Waals surface area contributed by atoms with E-state index in [2.05, 4.69) is 11.4 Å². The molecule has 1 saturated heterocycles. The van der Waals surface area contributed by atoms with Crippen molar-refractivity contribution in [2.75, 3.05) is 13.1 Å². The van der Waals surface area contributed by atoms with Crippen molar-refractivity contribution in [2.45, 2.75) is 62.5 Å². The van der Waals surface area contributed by atoms with Gasteiger partial charge in [0.25, 0.3) is 5.91 Å². The second-order valence-corrected chi connectivity index (χ2v) is 9.71. The van der Waals surface area contributed by atoms with Crippen molar-refractivity contribution in [1.82, 2.24) is 10.2 Å². The topological polar surface area (TPSA) is 58.6 Å². The van der Waals surface area contributed by atoms with Crippen LogP contribution >= 0.6 is 11.3 Å². The van der Waals surface area contributed by atoms with Gasteiger partial charge in [-0.25, -0.2) is 0 Å². The van der Waals surface area contributed by atoms with Crippen LogP contribution < -0.4 is 10.1 Å². The maximum atomic E-state index is 12.7. The van der Waals surface area contributed by atoms with E-state index < -0.39 is 0 Å². The molecule has 1 atom stereocenters. The van der Waals surface area contributed by atoms with Crippen molar-refractivity contribution in [3.05, 3.63) is 52.2 Å². The van der Waals surface area contributed by atoms with E-state index in [1.807, 2.05) is 39.9 Å². The van der Waals surface area contributed by atoms with Crippen LogP contribution in [-0.4, -0.2) is 41.4 Å². The zero-order valence-electron chi connectivity index (χ0n) is 17.1. The van der Waals surface area contributed by atoms with Crippen molar-refractivity contribution in [2.24, 2.45) is 0 Å². The SMILES string of the molecule is O=C(CC1CC2(CCN(C(=O)c3ccsc3)CC2)Oc2ccccc21)NC1CCC1. The predicted molar refractivity (Wildman–Crippen MR) is 117 cm³/mol. The molecule has 0 radical (unpaired) electrons. The highest BCUT2D eigenvalue weighted by molar-refractivity contribution is 7.08. The van der Waals surface area contributed by atoms with Crippen molar-refractivity contribution < 1.29 is 14.3 Å². The molecule has 1 aromatic carbocycles. The first-order valence-electron chi connectivity index (χ1n) is 11.0. The molecule has 1 spiro atoms. The maximum Gasteiger partial charge on any atom is 0.254 e. The van der Waals surface area contributed by atoms with Gasteiger partial charge in [-0.15, -0.1) is 0 Å². The lowest BCUT2D eigenvalue weighted by molar-refractivity contribution is -0.123. The minimum absolute atomic E-state index is 0.110. The lowest BCUT2D eigenvalue weighted by Crippen LogP contribution is -2.52. The number of piperidine rings is 1. The average Bonchev–Trinajstić information content (AvgIpc) is 3.26. The van der Waals surface area contributed by atoms with Crippen molar-refractivity contribution >= 4 is 23.2 Å². The Labute approximate surface area is 181 Å². The number of likely N-dealkylation sites (tertiary alicyclic amines) is 1. The fourth-order valence-corrected chi connectivity index (χ4v) is 5.61. The molecule has 3 heterocycles. The van der Waals surface area contributed by atoms with Gasteiger partial charge in [-0.3, -0.25) is 9.59 Å². The Kier molecular flexibility index (Phi) is 5.27. The summed E-state index contributed by atoms with van der Waals surface area (Å²) in [5, 5.41) is 7.05. The number of fused-ring (bicyclic) bond motifs is 1. The molecule has 2 aliphatic heterocycles. The lowest BCUT2D eigenvalue weighted by atomic mass is 9.76. The fourth-order valence-electron chi connectivity index (χ4n) is 4.98. The van der Waals surface area contributed by atoms with Gasteiger partial charge in [0.1, 0.15) is 11.4 Å². The summed E-state index contributed by atoms with van der Waals surface area (Å²) in [7, 11) is 0. The minimum Gasteiger partial charge on any atom is -0.487 e. The molecule has 2 amide bonds. The summed E-state index contributed by atoms with van der Waals surface area (Å²) in [6, 6.07) is 10.4. The van der Waals surface area contributed by atoms with Gasteiger partial charge in [-0.1, -0.05) is 18.2 Å². The molecule has 5 nitrogen and oxygen atoms in total. The Bertz CT molecular complexity index is 914. The number of thiophene rings is 1. The molecule has 6 heteroatoms. The highest BCUT2D eigenvalue weighted by atomic mass is 32.1. The zero-order chi connectivity index (χ0) is 20.6. The maximum absolute atomic E-state index is 12.7. The third kappa shape index (κ3) is 3.85. The molecule has 2 aromatic rings. The molecular weight excluding hydrogens is 396 g/mol. The number of hydrogen-bond acceptors (Lipinski definition) is 4. The quantitative estimate of drug-likeness (QED) is 0.794. The number of benzene rings is 1. The van der Waals surface area contributed by atoms with Gasteiger partial charge in [-0.05, 0) is 48.8 Å². The molecule has 158 valence electrons. The number of hydrogen-bond donors (Lipinski definition) is 1. The van der Waals surface area contributed by atoms with E-state index in [0.717, 1.165) is 49.0 Å². The molecule has 1 aliphatic carbocycles. The Balaban J connectivity index is 1.29. The summed E-state index contributed by atoms with van der Waals surface area (Å²) < 4.78 is 6.54. The summed E-state index contributed by atoms with van der Waals surface area (Å²) >= 11 is 1.55. The van der Waals surface area contributed by atoms with Crippen LogP contribution in [0.3, 0.4) is 0 Å². The fraction of sp³-hybridized carbons (Fsp3) is 0.500. The monoisotopic (exact) mass is 424 g/mol. The van der Waals surface area contributed by atoms with Gasteiger partial charge < -0.3 is 15.0 Å². The van der Waals surface area contributed by atoms with E-state index in [9.17, 15) is 9.59 Å². The largest absolute Gasteiger partial charge is 0.487 e. The van der Waals surface area contributed by atoms with Crippen molar-refractivity contribution in [1.29, 1.82) is 0 Å². The van der Waals surface area contributed by atoms with Crippen LogP contribution in [0, 0.1) is 0 Å². The first kappa shape index (κ1) is 19.6. The van der Waals surface area contributed by atoms with E-state index >= 15 is 0 Å². The number of carbonyl (C=O) groups is 2. The summed E-state index contributed by atoms with van der Waals surface area (Å²) in [4.78, 5) is 27.3. The number of nitrogens with one attached hydrogen (secondary N) is 1. The van der Waals surface area contributed by atoms with Crippen molar-refractivity contribution in [3.8, 4) is 5.75 Å². The van der Waals surface area contributed by atoms with E-state index in [1.165, 1.54) is 6.42 Å².